The van der Waals surface area contributed by atoms with E-state index >= 15 is 0 Å². The molecule has 0 amide bonds. The van der Waals surface area contributed by atoms with Crippen molar-refractivity contribution in [2.45, 2.75) is 43.8 Å². The van der Waals surface area contributed by atoms with Gasteiger partial charge in [-0.2, -0.15) is 26.3 Å². The third-order valence-electron chi connectivity index (χ3n) is 8.88. The number of rotatable bonds is 8. The second kappa shape index (κ2) is 11.1. The van der Waals surface area contributed by atoms with Crippen LogP contribution >= 0.6 is 0 Å². The zero-order chi connectivity index (χ0) is 31.4. The van der Waals surface area contributed by atoms with Gasteiger partial charge in [-0.3, -0.25) is 19.5 Å². The Morgan fingerprint density at radius 2 is 1.66 bits per heavy atom. The zero-order valence-electron chi connectivity index (χ0n) is 23.3. The molecule has 0 spiro atoms. The van der Waals surface area contributed by atoms with Gasteiger partial charge in [0.15, 0.2) is 0 Å². The SMILES string of the molecule is C=C[C@H]1CN2CC[C@H]1C[C@H]2[C@@H](Nc1c(NCc2cc(C(F)(F)F)cc(C(F)(F)F)c2)c(=O)c1=O)c1ccnc2ccccc12. The van der Waals surface area contributed by atoms with Crippen molar-refractivity contribution in [2.24, 2.45) is 11.8 Å². The fourth-order valence-corrected chi connectivity index (χ4v) is 6.66. The fourth-order valence-electron chi connectivity index (χ4n) is 6.66. The van der Waals surface area contributed by atoms with E-state index < -0.39 is 46.9 Å². The molecule has 0 saturated carbocycles. The third-order valence-corrected chi connectivity index (χ3v) is 8.88. The van der Waals surface area contributed by atoms with Crippen LogP contribution in [0.25, 0.3) is 10.9 Å². The minimum absolute atomic E-state index is 0.0432. The lowest BCUT2D eigenvalue weighted by Gasteiger charge is -2.52. The number of para-hydroxylation sites is 1. The average molecular weight is 615 g/mol. The van der Waals surface area contributed by atoms with Gasteiger partial charge in [0.25, 0.3) is 10.9 Å². The Morgan fingerprint density at radius 3 is 2.30 bits per heavy atom. The minimum Gasteiger partial charge on any atom is -0.376 e. The first-order valence-electron chi connectivity index (χ1n) is 14.2. The normalized spacial score (nSPS) is 22.7. The molecule has 12 heteroatoms. The Balaban J connectivity index is 1.34. The van der Waals surface area contributed by atoms with Crippen molar-refractivity contribution >= 4 is 22.3 Å². The summed E-state index contributed by atoms with van der Waals surface area (Å²) in [5.74, 6) is 0.709. The van der Waals surface area contributed by atoms with Crippen LogP contribution < -0.4 is 21.5 Å². The van der Waals surface area contributed by atoms with Crippen LogP contribution in [-0.2, 0) is 18.9 Å². The van der Waals surface area contributed by atoms with E-state index in [1.165, 1.54) is 0 Å². The van der Waals surface area contributed by atoms with Crippen LogP contribution in [0.15, 0.2) is 77.0 Å². The van der Waals surface area contributed by atoms with E-state index in [2.05, 4.69) is 27.1 Å². The highest BCUT2D eigenvalue weighted by molar-refractivity contribution is 5.83. The van der Waals surface area contributed by atoms with E-state index in [4.69, 9.17) is 0 Å². The molecule has 2 bridgehead atoms. The standard InChI is InChI=1S/C32H28F6N4O2/c1-2-18-16-42-10-8-19(18)13-25(42)26(23-7-9-39-24-6-4-3-5-22(23)24)41-28-27(29(43)30(28)44)40-15-17-11-20(31(33,34)35)14-21(12-17)32(36,37)38/h2-7,9,11-12,14,18-19,25-26,40-41H,1,8,10,13,15-16H2/t18-,19-,25-,26-/m0/s1. The van der Waals surface area contributed by atoms with E-state index in [-0.39, 0.29) is 29.0 Å². The molecule has 3 aliphatic rings. The highest BCUT2D eigenvalue weighted by Gasteiger charge is 2.44. The summed E-state index contributed by atoms with van der Waals surface area (Å²) in [6.45, 7) is 5.08. The van der Waals surface area contributed by atoms with Crippen molar-refractivity contribution < 1.29 is 26.3 Å². The molecule has 5 atom stereocenters. The van der Waals surface area contributed by atoms with Crippen LogP contribution in [0.1, 0.15) is 41.1 Å². The quantitative estimate of drug-likeness (QED) is 0.134. The molecule has 0 aliphatic carbocycles. The number of piperidine rings is 3. The monoisotopic (exact) mass is 614 g/mol. The molecule has 2 N–H and O–H groups in total. The maximum Gasteiger partial charge on any atom is 0.416 e. The van der Waals surface area contributed by atoms with E-state index in [1.54, 1.807) is 6.20 Å². The molecule has 1 aromatic heterocycles. The molecule has 0 radical (unpaired) electrons. The van der Waals surface area contributed by atoms with E-state index in [0.29, 0.717) is 24.0 Å². The highest BCUT2D eigenvalue weighted by Crippen LogP contribution is 2.43. The van der Waals surface area contributed by atoms with Crippen molar-refractivity contribution in [1.82, 2.24) is 9.88 Å². The number of aromatic nitrogens is 1. The first kappa shape index (κ1) is 29.9. The summed E-state index contributed by atoms with van der Waals surface area (Å²) < 4.78 is 80.2. The van der Waals surface area contributed by atoms with E-state index in [1.807, 2.05) is 36.4 Å². The van der Waals surface area contributed by atoms with Gasteiger partial charge in [-0.1, -0.05) is 24.3 Å². The van der Waals surface area contributed by atoms with Crippen molar-refractivity contribution in [1.29, 1.82) is 0 Å². The van der Waals surface area contributed by atoms with Gasteiger partial charge in [-0.05, 0) is 72.7 Å². The second-order valence-corrected chi connectivity index (χ2v) is 11.5. The number of halogens is 6. The molecule has 6 nitrogen and oxygen atoms in total. The number of nitrogens with one attached hydrogen (secondary N) is 2. The van der Waals surface area contributed by atoms with Gasteiger partial charge < -0.3 is 10.6 Å². The van der Waals surface area contributed by atoms with Crippen molar-refractivity contribution in [2.75, 3.05) is 23.7 Å². The molecular weight excluding hydrogens is 586 g/mol. The highest BCUT2D eigenvalue weighted by atomic mass is 19.4. The Hall–Kier alpha value is -4.19. The smallest absolute Gasteiger partial charge is 0.376 e. The fraction of sp³-hybridized carbons (Fsp3) is 0.344. The summed E-state index contributed by atoms with van der Waals surface area (Å²) in [7, 11) is 0. The predicted molar refractivity (Wildman–Crippen MR) is 155 cm³/mol. The molecular formula is C32H28F6N4O2. The van der Waals surface area contributed by atoms with Crippen molar-refractivity contribution in [3.05, 3.63) is 110 Å². The first-order chi connectivity index (χ1) is 20.8. The Morgan fingerprint density at radius 1 is 0.977 bits per heavy atom. The number of hydrogen-bond acceptors (Lipinski definition) is 6. The number of hydrogen-bond donors (Lipinski definition) is 2. The molecule has 3 aromatic carbocycles. The second-order valence-electron chi connectivity index (χ2n) is 11.5. The summed E-state index contributed by atoms with van der Waals surface area (Å²) in [4.78, 5) is 32.3. The molecule has 1 unspecified atom stereocenters. The van der Waals surface area contributed by atoms with Crippen LogP contribution in [0.5, 0.6) is 0 Å². The number of anilines is 2. The number of nitrogens with zero attached hydrogens (tertiary/aromatic N) is 2. The lowest BCUT2D eigenvalue weighted by Crippen LogP contribution is -2.56. The van der Waals surface area contributed by atoms with Gasteiger partial charge in [0, 0.05) is 30.7 Å². The van der Waals surface area contributed by atoms with E-state index in [0.717, 1.165) is 42.4 Å². The summed E-state index contributed by atoms with van der Waals surface area (Å²) in [6, 6.07) is 10.1. The Bertz CT molecular complexity index is 1760. The molecule has 230 valence electrons. The van der Waals surface area contributed by atoms with Crippen LogP contribution in [-0.4, -0.2) is 29.0 Å². The predicted octanol–water partition coefficient (Wildman–Crippen LogP) is 6.53. The number of alkyl halides is 6. The van der Waals surface area contributed by atoms with Crippen molar-refractivity contribution in [3.63, 3.8) is 0 Å². The number of pyridine rings is 1. The first-order valence-corrected chi connectivity index (χ1v) is 14.2. The molecule has 3 fully saturated rings. The summed E-state index contributed by atoms with van der Waals surface area (Å²) in [5.41, 5.74) is -3.60. The number of benzene rings is 2. The summed E-state index contributed by atoms with van der Waals surface area (Å²) >= 11 is 0. The molecule has 7 rings (SSSR count). The van der Waals surface area contributed by atoms with Gasteiger partial charge in [-0.25, -0.2) is 0 Å². The molecule has 4 heterocycles. The van der Waals surface area contributed by atoms with Gasteiger partial charge in [0.2, 0.25) is 0 Å². The maximum absolute atomic E-state index is 13.4. The topological polar surface area (TPSA) is 74.3 Å². The van der Waals surface area contributed by atoms with Crippen LogP contribution in [0, 0.1) is 11.8 Å². The molecule has 3 saturated heterocycles. The zero-order valence-corrected chi connectivity index (χ0v) is 23.3. The van der Waals surface area contributed by atoms with Crippen LogP contribution in [0.3, 0.4) is 0 Å². The maximum atomic E-state index is 13.4. The number of fused-ring (bicyclic) bond motifs is 4. The summed E-state index contributed by atoms with van der Waals surface area (Å²) in [6.07, 6.45) is -4.58. The van der Waals surface area contributed by atoms with Crippen molar-refractivity contribution in [3.8, 4) is 0 Å². The Labute approximate surface area is 248 Å². The largest absolute Gasteiger partial charge is 0.416 e. The van der Waals surface area contributed by atoms with Crippen LogP contribution in [0.4, 0.5) is 37.7 Å². The van der Waals surface area contributed by atoms with Gasteiger partial charge in [0.05, 0.1) is 22.7 Å². The molecule has 44 heavy (non-hydrogen) atoms. The third kappa shape index (κ3) is 5.47. The Kier molecular flexibility index (Phi) is 7.51. The average Bonchev–Trinajstić information content (AvgIpc) is 3.01. The molecule has 3 aliphatic heterocycles. The summed E-state index contributed by atoms with van der Waals surface area (Å²) in [5, 5.41) is 6.78. The molecule has 4 aromatic rings. The van der Waals surface area contributed by atoms with Gasteiger partial charge in [-0.15, -0.1) is 6.58 Å². The van der Waals surface area contributed by atoms with Gasteiger partial charge >= 0.3 is 12.4 Å². The van der Waals surface area contributed by atoms with E-state index in [9.17, 15) is 35.9 Å². The lowest BCUT2D eigenvalue weighted by atomic mass is 9.73. The van der Waals surface area contributed by atoms with Gasteiger partial charge in [0.1, 0.15) is 11.4 Å². The van der Waals surface area contributed by atoms with Crippen LogP contribution in [0.2, 0.25) is 0 Å². The minimum atomic E-state index is -5.01. The lowest BCUT2D eigenvalue weighted by molar-refractivity contribution is -0.143.